The van der Waals surface area contributed by atoms with Crippen molar-refractivity contribution in [1.82, 2.24) is 10.2 Å². The number of ether oxygens (including phenoxy) is 2. The molecule has 0 aliphatic rings. The average molecular weight is 232 g/mol. The molecule has 0 spiro atoms. The van der Waals surface area contributed by atoms with Crippen LogP contribution in [0.5, 0.6) is 11.5 Å². The summed E-state index contributed by atoms with van der Waals surface area (Å²) in [5.41, 5.74) is 2.26. The van der Waals surface area contributed by atoms with E-state index < -0.39 is 0 Å². The molecule has 0 aliphatic carbocycles. The van der Waals surface area contributed by atoms with Gasteiger partial charge in [0.25, 0.3) is 0 Å². The molecule has 0 saturated heterocycles. The molecule has 0 amide bonds. The van der Waals surface area contributed by atoms with E-state index in [2.05, 4.69) is 10.2 Å². The van der Waals surface area contributed by atoms with Gasteiger partial charge in [-0.3, -0.25) is 5.10 Å². The minimum Gasteiger partial charge on any atom is -0.497 e. The zero-order valence-electron chi connectivity index (χ0n) is 10.1. The summed E-state index contributed by atoms with van der Waals surface area (Å²) in [6, 6.07) is 7.82. The first kappa shape index (κ1) is 11.5. The van der Waals surface area contributed by atoms with E-state index in [1.807, 2.05) is 24.3 Å². The van der Waals surface area contributed by atoms with E-state index in [1.165, 1.54) is 0 Å². The quantitative estimate of drug-likeness (QED) is 0.859. The van der Waals surface area contributed by atoms with Gasteiger partial charge in [0.15, 0.2) is 0 Å². The summed E-state index contributed by atoms with van der Waals surface area (Å²) in [6.07, 6.45) is 3.56. The molecule has 0 atom stereocenters. The number of aryl methyl sites for hydroxylation is 2. The average Bonchev–Trinajstić information content (AvgIpc) is 2.89. The first-order chi connectivity index (χ1) is 8.33. The highest BCUT2D eigenvalue weighted by molar-refractivity contribution is 5.40. The van der Waals surface area contributed by atoms with Crippen LogP contribution < -0.4 is 9.47 Å². The van der Waals surface area contributed by atoms with Gasteiger partial charge in [-0.05, 0) is 42.7 Å². The third-order valence-corrected chi connectivity index (χ3v) is 2.71. The molecule has 90 valence electrons. The van der Waals surface area contributed by atoms with Crippen molar-refractivity contribution >= 4 is 0 Å². The zero-order valence-corrected chi connectivity index (χ0v) is 10.1. The Labute approximate surface area is 101 Å². The molecular weight excluding hydrogens is 216 g/mol. The van der Waals surface area contributed by atoms with Crippen molar-refractivity contribution < 1.29 is 9.47 Å². The second kappa shape index (κ2) is 5.39. The standard InChI is InChI=1S/C13H16N2O2/c1-16-12-5-6-13(17-2)10(9-12)3-4-11-7-8-14-15-11/h5-9H,3-4H2,1-2H3,(H,14,15). The van der Waals surface area contributed by atoms with Crippen LogP contribution in [0, 0.1) is 0 Å². The van der Waals surface area contributed by atoms with Gasteiger partial charge >= 0.3 is 0 Å². The number of nitrogens with zero attached hydrogens (tertiary/aromatic N) is 1. The maximum atomic E-state index is 5.33. The predicted octanol–water partition coefficient (Wildman–Crippen LogP) is 2.21. The van der Waals surface area contributed by atoms with Crippen LogP contribution in [0.15, 0.2) is 30.5 Å². The Morgan fingerprint density at radius 1 is 1.12 bits per heavy atom. The van der Waals surface area contributed by atoms with E-state index in [9.17, 15) is 0 Å². The van der Waals surface area contributed by atoms with Gasteiger partial charge in [0.1, 0.15) is 11.5 Å². The van der Waals surface area contributed by atoms with Crippen LogP contribution in [0.25, 0.3) is 0 Å². The second-order valence-electron chi connectivity index (χ2n) is 3.76. The van der Waals surface area contributed by atoms with Crippen molar-refractivity contribution in [3.63, 3.8) is 0 Å². The van der Waals surface area contributed by atoms with E-state index in [1.54, 1.807) is 20.4 Å². The number of hydrogen-bond acceptors (Lipinski definition) is 3. The number of H-pyrrole nitrogens is 1. The first-order valence-electron chi connectivity index (χ1n) is 5.52. The SMILES string of the molecule is COc1ccc(OC)c(CCc2ccn[nH]2)c1. The maximum absolute atomic E-state index is 5.33. The molecule has 1 aromatic heterocycles. The molecule has 2 rings (SSSR count). The zero-order chi connectivity index (χ0) is 12.1. The number of aromatic amines is 1. The van der Waals surface area contributed by atoms with Crippen molar-refractivity contribution in [3.8, 4) is 11.5 Å². The summed E-state index contributed by atoms with van der Waals surface area (Å²) >= 11 is 0. The Bertz CT molecular complexity index is 466. The molecule has 0 radical (unpaired) electrons. The molecule has 17 heavy (non-hydrogen) atoms. The summed E-state index contributed by atoms with van der Waals surface area (Å²) in [6.45, 7) is 0. The van der Waals surface area contributed by atoms with Gasteiger partial charge in [-0.2, -0.15) is 5.10 Å². The highest BCUT2D eigenvalue weighted by Gasteiger charge is 2.05. The number of benzene rings is 1. The summed E-state index contributed by atoms with van der Waals surface area (Å²) in [5, 5.41) is 6.88. The summed E-state index contributed by atoms with van der Waals surface area (Å²) < 4.78 is 10.5. The van der Waals surface area contributed by atoms with E-state index in [0.717, 1.165) is 35.6 Å². The molecule has 0 bridgehead atoms. The van der Waals surface area contributed by atoms with E-state index in [4.69, 9.17) is 9.47 Å². The third kappa shape index (κ3) is 2.78. The fourth-order valence-electron chi connectivity index (χ4n) is 1.77. The van der Waals surface area contributed by atoms with E-state index in [-0.39, 0.29) is 0 Å². The summed E-state index contributed by atoms with van der Waals surface area (Å²) in [7, 11) is 3.35. The van der Waals surface area contributed by atoms with Crippen LogP contribution in [-0.2, 0) is 12.8 Å². The number of aromatic nitrogens is 2. The van der Waals surface area contributed by atoms with Crippen molar-refractivity contribution in [1.29, 1.82) is 0 Å². The van der Waals surface area contributed by atoms with E-state index in [0.29, 0.717) is 0 Å². The molecule has 4 nitrogen and oxygen atoms in total. The normalized spacial score (nSPS) is 10.2. The first-order valence-corrected chi connectivity index (χ1v) is 5.52. The molecule has 0 aliphatic heterocycles. The predicted molar refractivity (Wildman–Crippen MR) is 65.5 cm³/mol. The highest BCUT2D eigenvalue weighted by atomic mass is 16.5. The van der Waals surface area contributed by atoms with Gasteiger partial charge in [-0.15, -0.1) is 0 Å². The fraction of sp³-hybridized carbons (Fsp3) is 0.308. The summed E-state index contributed by atoms with van der Waals surface area (Å²) in [4.78, 5) is 0. The van der Waals surface area contributed by atoms with Crippen LogP contribution in [-0.4, -0.2) is 24.4 Å². The van der Waals surface area contributed by atoms with Gasteiger partial charge < -0.3 is 9.47 Å². The molecule has 1 aromatic carbocycles. The topological polar surface area (TPSA) is 47.1 Å². The largest absolute Gasteiger partial charge is 0.497 e. The Balaban J connectivity index is 2.12. The van der Waals surface area contributed by atoms with Gasteiger partial charge in [0, 0.05) is 11.9 Å². The monoisotopic (exact) mass is 232 g/mol. The molecule has 1 N–H and O–H groups in total. The minimum atomic E-state index is 0.852. The highest BCUT2D eigenvalue weighted by Crippen LogP contribution is 2.25. The maximum Gasteiger partial charge on any atom is 0.122 e. The van der Waals surface area contributed by atoms with Crippen LogP contribution in [0.2, 0.25) is 0 Å². The van der Waals surface area contributed by atoms with Crippen molar-refractivity contribution in [2.45, 2.75) is 12.8 Å². The lowest BCUT2D eigenvalue weighted by Gasteiger charge is -2.09. The number of rotatable bonds is 5. The van der Waals surface area contributed by atoms with Crippen LogP contribution in [0.1, 0.15) is 11.3 Å². The van der Waals surface area contributed by atoms with Crippen LogP contribution in [0.3, 0.4) is 0 Å². The molecule has 0 unspecified atom stereocenters. The lowest BCUT2D eigenvalue weighted by Crippen LogP contribution is -1.97. The minimum absolute atomic E-state index is 0.852. The Kier molecular flexibility index (Phi) is 3.65. The molecular formula is C13H16N2O2. The second-order valence-corrected chi connectivity index (χ2v) is 3.76. The van der Waals surface area contributed by atoms with Gasteiger partial charge in [-0.25, -0.2) is 0 Å². The van der Waals surface area contributed by atoms with Crippen molar-refractivity contribution in [2.75, 3.05) is 14.2 Å². The number of hydrogen-bond donors (Lipinski definition) is 1. The smallest absolute Gasteiger partial charge is 0.122 e. The molecule has 0 fully saturated rings. The molecule has 2 aromatic rings. The fourth-order valence-corrected chi connectivity index (χ4v) is 1.77. The third-order valence-electron chi connectivity index (χ3n) is 2.71. The van der Waals surface area contributed by atoms with Gasteiger partial charge in [0.2, 0.25) is 0 Å². The van der Waals surface area contributed by atoms with Crippen LogP contribution >= 0.6 is 0 Å². The Hall–Kier alpha value is -1.97. The Morgan fingerprint density at radius 3 is 2.65 bits per heavy atom. The van der Waals surface area contributed by atoms with Crippen LogP contribution in [0.4, 0.5) is 0 Å². The molecule has 1 heterocycles. The lowest BCUT2D eigenvalue weighted by atomic mass is 10.1. The number of methoxy groups -OCH3 is 2. The number of nitrogens with one attached hydrogen (secondary N) is 1. The van der Waals surface area contributed by atoms with Gasteiger partial charge in [0.05, 0.1) is 14.2 Å². The van der Waals surface area contributed by atoms with Crippen molar-refractivity contribution in [3.05, 3.63) is 41.7 Å². The molecule has 4 heteroatoms. The van der Waals surface area contributed by atoms with E-state index >= 15 is 0 Å². The summed E-state index contributed by atoms with van der Waals surface area (Å²) in [5.74, 6) is 1.75. The lowest BCUT2D eigenvalue weighted by molar-refractivity contribution is 0.398. The van der Waals surface area contributed by atoms with Gasteiger partial charge in [-0.1, -0.05) is 0 Å². The molecule has 0 saturated carbocycles. The van der Waals surface area contributed by atoms with Crippen molar-refractivity contribution in [2.24, 2.45) is 0 Å². The Morgan fingerprint density at radius 2 is 2.00 bits per heavy atom.